The molecule has 3 unspecified atom stereocenters. The zero-order valence-electron chi connectivity index (χ0n) is 19.3. The van der Waals surface area contributed by atoms with Crippen LogP contribution in [0.25, 0.3) is 0 Å². The number of hydrogen-bond donors (Lipinski definition) is 1. The fourth-order valence-electron chi connectivity index (χ4n) is 4.21. The van der Waals surface area contributed by atoms with Gasteiger partial charge in [0.25, 0.3) is 0 Å². The highest BCUT2D eigenvalue weighted by atomic mass is 16.5. The first-order valence-corrected chi connectivity index (χ1v) is 10.7. The van der Waals surface area contributed by atoms with Gasteiger partial charge >= 0.3 is 5.97 Å². The Bertz CT molecular complexity index is 590. The SMILES string of the molecule is CC(CCC(COc1ccc(C(=O)O)cc1)C(C)CC(C)(C)C)CC(C)(C)C. The number of benzene rings is 1. The molecule has 0 bridgehead atoms. The Labute approximate surface area is 172 Å². The molecule has 1 rings (SSSR count). The molecule has 0 amide bonds. The highest BCUT2D eigenvalue weighted by molar-refractivity contribution is 5.87. The van der Waals surface area contributed by atoms with E-state index in [0.29, 0.717) is 40.8 Å². The topological polar surface area (TPSA) is 46.5 Å². The molecule has 0 aliphatic rings. The molecular weight excluding hydrogens is 348 g/mol. The monoisotopic (exact) mass is 390 g/mol. The molecular formula is C25H42O3. The van der Waals surface area contributed by atoms with Crippen LogP contribution < -0.4 is 4.74 Å². The third kappa shape index (κ3) is 10.1. The van der Waals surface area contributed by atoms with E-state index in [1.165, 1.54) is 25.7 Å². The number of rotatable bonds is 10. The molecule has 1 aromatic carbocycles. The molecule has 160 valence electrons. The number of ether oxygens (including phenoxy) is 1. The van der Waals surface area contributed by atoms with Crippen LogP contribution in [-0.2, 0) is 0 Å². The molecule has 0 aromatic heterocycles. The molecule has 0 heterocycles. The largest absolute Gasteiger partial charge is 0.493 e. The summed E-state index contributed by atoms with van der Waals surface area (Å²) < 4.78 is 6.08. The van der Waals surface area contributed by atoms with Gasteiger partial charge in [0.15, 0.2) is 0 Å². The lowest BCUT2D eigenvalue weighted by Gasteiger charge is -2.31. The van der Waals surface area contributed by atoms with E-state index in [2.05, 4.69) is 55.4 Å². The number of hydrogen-bond acceptors (Lipinski definition) is 2. The highest BCUT2D eigenvalue weighted by Crippen LogP contribution is 2.34. The highest BCUT2D eigenvalue weighted by Gasteiger charge is 2.25. The Morgan fingerprint density at radius 3 is 1.93 bits per heavy atom. The van der Waals surface area contributed by atoms with Crippen LogP contribution in [-0.4, -0.2) is 17.7 Å². The smallest absolute Gasteiger partial charge is 0.335 e. The summed E-state index contributed by atoms with van der Waals surface area (Å²) in [5.74, 6) is 1.64. The molecule has 1 N–H and O–H groups in total. The van der Waals surface area contributed by atoms with E-state index in [-0.39, 0.29) is 0 Å². The van der Waals surface area contributed by atoms with Crippen LogP contribution in [0, 0.1) is 28.6 Å². The van der Waals surface area contributed by atoms with Gasteiger partial charge in [-0.3, -0.25) is 0 Å². The number of carbonyl (C=O) groups is 1. The molecule has 0 saturated carbocycles. The Hall–Kier alpha value is -1.51. The molecule has 3 nitrogen and oxygen atoms in total. The summed E-state index contributed by atoms with van der Waals surface area (Å²) in [5.41, 5.74) is 0.965. The van der Waals surface area contributed by atoms with Crippen LogP contribution in [0.1, 0.15) is 91.4 Å². The zero-order valence-corrected chi connectivity index (χ0v) is 19.3. The average molecular weight is 391 g/mol. The van der Waals surface area contributed by atoms with Crippen molar-refractivity contribution in [2.24, 2.45) is 28.6 Å². The lowest BCUT2D eigenvalue weighted by Crippen LogP contribution is -2.25. The summed E-state index contributed by atoms with van der Waals surface area (Å²) in [7, 11) is 0. The van der Waals surface area contributed by atoms with Gasteiger partial charge in [-0.25, -0.2) is 4.79 Å². The van der Waals surface area contributed by atoms with Crippen LogP contribution in [0.3, 0.4) is 0 Å². The van der Waals surface area contributed by atoms with Gasteiger partial charge in [0.1, 0.15) is 5.75 Å². The molecule has 1 aromatic rings. The minimum absolute atomic E-state index is 0.293. The van der Waals surface area contributed by atoms with Crippen molar-refractivity contribution in [2.45, 2.75) is 81.1 Å². The van der Waals surface area contributed by atoms with Crippen LogP contribution in [0.15, 0.2) is 24.3 Å². The second kappa shape index (κ2) is 10.3. The van der Waals surface area contributed by atoms with E-state index in [9.17, 15) is 4.79 Å². The van der Waals surface area contributed by atoms with E-state index in [0.717, 1.165) is 5.75 Å². The van der Waals surface area contributed by atoms with Crippen molar-refractivity contribution in [2.75, 3.05) is 6.61 Å². The predicted octanol–water partition coefficient (Wildman–Crippen LogP) is 7.30. The van der Waals surface area contributed by atoms with Crippen molar-refractivity contribution >= 4 is 5.97 Å². The Kier molecular flexibility index (Phi) is 9.04. The molecule has 0 aliphatic carbocycles. The van der Waals surface area contributed by atoms with E-state index >= 15 is 0 Å². The first kappa shape index (κ1) is 24.5. The third-order valence-electron chi connectivity index (χ3n) is 5.30. The Morgan fingerprint density at radius 1 is 0.929 bits per heavy atom. The minimum atomic E-state index is -0.906. The molecule has 3 heteroatoms. The van der Waals surface area contributed by atoms with Crippen LogP contribution in [0.5, 0.6) is 5.75 Å². The zero-order chi connectivity index (χ0) is 21.5. The fraction of sp³-hybridized carbons (Fsp3) is 0.720. The standard InChI is InChI=1S/C25H42O3/c1-18(15-24(3,4)5)9-10-21(19(2)16-25(6,7)8)17-28-22-13-11-20(12-14-22)23(26)27/h11-14,18-19,21H,9-10,15-17H2,1-8H3,(H,26,27). The Morgan fingerprint density at radius 2 is 1.46 bits per heavy atom. The summed E-state index contributed by atoms with van der Waals surface area (Å²) >= 11 is 0. The normalized spacial score (nSPS) is 15.7. The third-order valence-corrected chi connectivity index (χ3v) is 5.30. The summed E-state index contributed by atoms with van der Waals surface area (Å²) in [5, 5.41) is 9.04. The minimum Gasteiger partial charge on any atom is -0.493 e. The fourth-order valence-corrected chi connectivity index (χ4v) is 4.21. The van der Waals surface area contributed by atoms with Crippen molar-refractivity contribution < 1.29 is 14.6 Å². The first-order valence-electron chi connectivity index (χ1n) is 10.7. The van der Waals surface area contributed by atoms with Crippen molar-refractivity contribution in [3.63, 3.8) is 0 Å². The second-order valence-electron chi connectivity index (χ2n) is 11.1. The molecule has 28 heavy (non-hydrogen) atoms. The van der Waals surface area contributed by atoms with E-state index in [4.69, 9.17) is 9.84 Å². The lowest BCUT2D eigenvalue weighted by molar-refractivity contribution is 0.0697. The van der Waals surface area contributed by atoms with Gasteiger partial charge in [-0.2, -0.15) is 0 Å². The molecule has 3 atom stereocenters. The van der Waals surface area contributed by atoms with Gasteiger partial charge in [0.2, 0.25) is 0 Å². The molecule has 0 radical (unpaired) electrons. The van der Waals surface area contributed by atoms with E-state index < -0.39 is 5.97 Å². The van der Waals surface area contributed by atoms with Crippen LogP contribution in [0.4, 0.5) is 0 Å². The molecule has 0 aliphatic heterocycles. The summed E-state index contributed by atoms with van der Waals surface area (Å²) in [4.78, 5) is 11.0. The second-order valence-corrected chi connectivity index (χ2v) is 11.1. The summed E-state index contributed by atoms with van der Waals surface area (Å²) in [6, 6.07) is 6.74. The van der Waals surface area contributed by atoms with Gasteiger partial charge in [-0.15, -0.1) is 0 Å². The van der Waals surface area contributed by atoms with Gasteiger partial charge in [0.05, 0.1) is 12.2 Å². The molecule has 0 fully saturated rings. The van der Waals surface area contributed by atoms with Gasteiger partial charge < -0.3 is 9.84 Å². The van der Waals surface area contributed by atoms with Crippen LogP contribution >= 0.6 is 0 Å². The van der Waals surface area contributed by atoms with Crippen molar-refractivity contribution in [1.82, 2.24) is 0 Å². The maximum absolute atomic E-state index is 11.0. The number of aromatic carboxylic acids is 1. The maximum atomic E-state index is 11.0. The summed E-state index contributed by atoms with van der Waals surface area (Å²) in [6.07, 6.45) is 4.80. The number of carboxylic acid groups (broad SMARTS) is 1. The first-order chi connectivity index (χ1) is 12.8. The predicted molar refractivity (Wildman–Crippen MR) is 118 cm³/mol. The van der Waals surface area contributed by atoms with Gasteiger partial charge in [0, 0.05) is 0 Å². The van der Waals surface area contributed by atoms with Crippen LogP contribution in [0.2, 0.25) is 0 Å². The molecule has 0 saturated heterocycles. The average Bonchev–Trinajstić information content (AvgIpc) is 2.51. The Balaban J connectivity index is 2.72. The van der Waals surface area contributed by atoms with Crippen molar-refractivity contribution in [1.29, 1.82) is 0 Å². The van der Waals surface area contributed by atoms with Gasteiger partial charge in [-0.1, -0.05) is 61.8 Å². The molecule has 0 spiro atoms. The van der Waals surface area contributed by atoms with Crippen molar-refractivity contribution in [3.05, 3.63) is 29.8 Å². The van der Waals surface area contributed by atoms with Gasteiger partial charge in [-0.05, 0) is 72.1 Å². The number of carboxylic acids is 1. The van der Waals surface area contributed by atoms with E-state index in [1.54, 1.807) is 24.3 Å². The quantitative estimate of drug-likeness (QED) is 0.456. The van der Waals surface area contributed by atoms with E-state index in [1.807, 2.05) is 0 Å². The lowest BCUT2D eigenvalue weighted by atomic mass is 9.76. The van der Waals surface area contributed by atoms with Crippen molar-refractivity contribution in [3.8, 4) is 5.75 Å². The maximum Gasteiger partial charge on any atom is 0.335 e. The summed E-state index contributed by atoms with van der Waals surface area (Å²) in [6.45, 7) is 19.2.